The second kappa shape index (κ2) is 4.25. The number of aromatic nitrogens is 1. The van der Waals surface area contributed by atoms with Crippen molar-refractivity contribution in [1.29, 1.82) is 0 Å². The molecule has 0 fully saturated rings. The van der Waals surface area contributed by atoms with E-state index in [0.717, 1.165) is 17.6 Å². The van der Waals surface area contributed by atoms with Crippen molar-refractivity contribution in [2.75, 3.05) is 0 Å². The number of allylic oxidation sites excluding steroid dienone is 1. The number of benzene rings is 1. The summed E-state index contributed by atoms with van der Waals surface area (Å²) in [6.45, 7) is 0. The Labute approximate surface area is 88.0 Å². The molecule has 1 aromatic heterocycles. The van der Waals surface area contributed by atoms with Crippen molar-refractivity contribution < 1.29 is 0 Å². The summed E-state index contributed by atoms with van der Waals surface area (Å²) >= 11 is 5.46. The van der Waals surface area contributed by atoms with Crippen molar-refractivity contribution in [2.45, 2.75) is 6.42 Å². The van der Waals surface area contributed by atoms with Gasteiger partial charge >= 0.3 is 0 Å². The lowest BCUT2D eigenvalue weighted by atomic mass is 10.2. The highest BCUT2D eigenvalue weighted by Crippen LogP contribution is 2.12. The molecule has 0 N–H and O–H groups in total. The van der Waals surface area contributed by atoms with Gasteiger partial charge in [0.15, 0.2) is 0 Å². The Balaban J connectivity index is 2.41. The van der Waals surface area contributed by atoms with E-state index in [1.165, 1.54) is 10.9 Å². The van der Waals surface area contributed by atoms with Crippen LogP contribution in [-0.4, -0.2) is 4.98 Å². The van der Waals surface area contributed by atoms with Gasteiger partial charge in [0.05, 0.1) is 5.52 Å². The number of para-hydroxylation sites is 1. The average molecular weight is 204 g/mol. The van der Waals surface area contributed by atoms with E-state index >= 15 is 0 Å². The summed E-state index contributed by atoms with van der Waals surface area (Å²) in [5, 5.41) is 1.17. The Morgan fingerprint density at radius 1 is 1.14 bits per heavy atom. The molecular weight excluding hydrogens is 194 g/mol. The molecule has 1 heterocycles. The van der Waals surface area contributed by atoms with Gasteiger partial charge in [-0.1, -0.05) is 41.9 Å². The Morgan fingerprint density at radius 3 is 2.86 bits per heavy atom. The predicted molar refractivity (Wildman–Crippen MR) is 60.4 cm³/mol. The van der Waals surface area contributed by atoms with Crippen LogP contribution >= 0.6 is 11.6 Å². The van der Waals surface area contributed by atoms with E-state index in [9.17, 15) is 0 Å². The molecule has 1 nitrogen and oxygen atoms in total. The van der Waals surface area contributed by atoms with E-state index in [1.54, 1.807) is 0 Å². The van der Waals surface area contributed by atoms with Crippen LogP contribution in [0, 0.1) is 0 Å². The topological polar surface area (TPSA) is 12.9 Å². The van der Waals surface area contributed by atoms with E-state index in [2.05, 4.69) is 17.1 Å². The minimum atomic E-state index is 0.786. The van der Waals surface area contributed by atoms with E-state index in [1.807, 2.05) is 30.3 Å². The number of rotatable bonds is 2. The van der Waals surface area contributed by atoms with Crippen molar-refractivity contribution in [3.05, 3.63) is 53.7 Å². The van der Waals surface area contributed by atoms with Crippen LogP contribution in [0.15, 0.2) is 48.0 Å². The smallest absolute Gasteiger partial charge is 0.0705 e. The van der Waals surface area contributed by atoms with E-state index in [4.69, 9.17) is 11.6 Å². The van der Waals surface area contributed by atoms with Gasteiger partial charge in [-0.2, -0.15) is 0 Å². The summed E-state index contributed by atoms with van der Waals surface area (Å²) in [5.74, 6) is 0. The second-order valence-corrected chi connectivity index (χ2v) is 3.31. The van der Waals surface area contributed by atoms with Gasteiger partial charge in [-0.3, -0.25) is 4.98 Å². The maximum absolute atomic E-state index is 5.46. The molecule has 0 radical (unpaired) electrons. The molecule has 0 aliphatic heterocycles. The van der Waals surface area contributed by atoms with Crippen molar-refractivity contribution in [3.8, 4) is 0 Å². The largest absolute Gasteiger partial charge is 0.253 e. The lowest BCUT2D eigenvalue weighted by Crippen LogP contribution is -1.87. The molecule has 2 rings (SSSR count). The fourth-order valence-electron chi connectivity index (χ4n) is 1.39. The first-order valence-electron chi connectivity index (χ1n) is 4.50. The Hall–Kier alpha value is -1.34. The maximum Gasteiger partial charge on any atom is 0.0705 e. The first kappa shape index (κ1) is 9.22. The van der Waals surface area contributed by atoms with Crippen LogP contribution in [0.2, 0.25) is 0 Å². The normalized spacial score (nSPS) is 11.2. The van der Waals surface area contributed by atoms with Gasteiger partial charge < -0.3 is 0 Å². The van der Waals surface area contributed by atoms with E-state index < -0.39 is 0 Å². The zero-order chi connectivity index (χ0) is 9.80. The first-order chi connectivity index (χ1) is 6.90. The quantitative estimate of drug-likeness (QED) is 0.728. The van der Waals surface area contributed by atoms with Crippen molar-refractivity contribution in [3.63, 3.8) is 0 Å². The summed E-state index contributed by atoms with van der Waals surface area (Å²) in [4.78, 5) is 4.50. The monoisotopic (exact) mass is 203 g/mol. The lowest BCUT2D eigenvalue weighted by molar-refractivity contribution is 1.15. The molecule has 0 amide bonds. The van der Waals surface area contributed by atoms with Crippen molar-refractivity contribution >= 4 is 22.5 Å². The Bertz CT molecular complexity index is 463. The van der Waals surface area contributed by atoms with Gasteiger partial charge in [0.25, 0.3) is 0 Å². The number of hydrogen-bond acceptors (Lipinski definition) is 1. The number of halogens is 1. The Morgan fingerprint density at radius 2 is 2.00 bits per heavy atom. The standard InChI is InChI=1S/C12H10ClN/c13-9-3-5-11-8-7-10-4-1-2-6-12(10)14-11/h1-4,6-9H,5H2. The van der Waals surface area contributed by atoms with Gasteiger partial charge in [0, 0.05) is 23.0 Å². The van der Waals surface area contributed by atoms with Gasteiger partial charge in [-0.15, -0.1) is 0 Å². The summed E-state index contributed by atoms with van der Waals surface area (Å²) < 4.78 is 0. The van der Waals surface area contributed by atoms with Crippen LogP contribution in [0.4, 0.5) is 0 Å². The molecule has 2 aromatic rings. The summed E-state index contributed by atoms with van der Waals surface area (Å²) in [5.41, 5.74) is 3.60. The van der Waals surface area contributed by atoms with Crippen LogP contribution in [0.3, 0.4) is 0 Å². The number of hydrogen-bond donors (Lipinski definition) is 0. The number of nitrogens with zero attached hydrogens (tertiary/aromatic N) is 1. The molecule has 0 saturated heterocycles. The van der Waals surface area contributed by atoms with E-state index in [0.29, 0.717) is 0 Å². The fraction of sp³-hybridized carbons (Fsp3) is 0.0833. The molecule has 14 heavy (non-hydrogen) atoms. The summed E-state index contributed by atoms with van der Waals surface area (Å²) in [6.07, 6.45) is 2.67. The molecule has 0 aliphatic carbocycles. The highest BCUT2D eigenvalue weighted by atomic mass is 35.5. The molecular formula is C12H10ClN. The minimum Gasteiger partial charge on any atom is -0.253 e. The lowest BCUT2D eigenvalue weighted by Gasteiger charge is -1.99. The van der Waals surface area contributed by atoms with Crippen molar-refractivity contribution in [1.82, 2.24) is 4.98 Å². The summed E-state index contributed by atoms with van der Waals surface area (Å²) in [7, 11) is 0. The molecule has 2 heteroatoms. The summed E-state index contributed by atoms with van der Waals surface area (Å²) in [6, 6.07) is 12.2. The fourth-order valence-corrected chi connectivity index (χ4v) is 1.48. The van der Waals surface area contributed by atoms with Gasteiger partial charge in [0.2, 0.25) is 0 Å². The van der Waals surface area contributed by atoms with Crippen LogP contribution < -0.4 is 0 Å². The zero-order valence-corrected chi connectivity index (χ0v) is 8.41. The maximum atomic E-state index is 5.46. The minimum absolute atomic E-state index is 0.786. The van der Waals surface area contributed by atoms with Gasteiger partial charge in [-0.25, -0.2) is 0 Å². The average Bonchev–Trinajstić information content (AvgIpc) is 2.26. The van der Waals surface area contributed by atoms with Crippen LogP contribution in [0.5, 0.6) is 0 Å². The number of pyridine rings is 1. The SMILES string of the molecule is ClC=CCc1ccc2ccccc2n1. The van der Waals surface area contributed by atoms with Gasteiger partial charge in [-0.05, 0) is 12.1 Å². The highest BCUT2D eigenvalue weighted by Gasteiger charge is 1.95. The predicted octanol–water partition coefficient (Wildman–Crippen LogP) is 3.53. The molecule has 0 spiro atoms. The van der Waals surface area contributed by atoms with Crippen LogP contribution in [0.25, 0.3) is 10.9 Å². The second-order valence-electron chi connectivity index (χ2n) is 3.06. The highest BCUT2D eigenvalue weighted by molar-refractivity contribution is 6.25. The third-order valence-electron chi connectivity index (χ3n) is 2.07. The molecule has 0 aliphatic rings. The Kier molecular flexibility index (Phi) is 2.80. The first-order valence-corrected chi connectivity index (χ1v) is 4.94. The van der Waals surface area contributed by atoms with Crippen LogP contribution in [-0.2, 0) is 6.42 Å². The third kappa shape index (κ3) is 1.94. The van der Waals surface area contributed by atoms with Crippen LogP contribution in [0.1, 0.15) is 5.69 Å². The van der Waals surface area contributed by atoms with E-state index in [-0.39, 0.29) is 0 Å². The molecule has 0 unspecified atom stereocenters. The molecule has 0 bridgehead atoms. The number of fused-ring (bicyclic) bond motifs is 1. The molecule has 70 valence electrons. The van der Waals surface area contributed by atoms with Gasteiger partial charge in [0.1, 0.15) is 0 Å². The third-order valence-corrected chi connectivity index (χ3v) is 2.25. The zero-order valence-electron chi connectivity index (χ0n) is 7.65. The van der Waals surface area contributed by atoms with Crippen molar-refractivity contribution in [2.24, 2.45) is 0 Å². The molecule has 1 aromatic carbocycles. The molecule has 0 saturated carbocycles. The molecule has 0 atom stereocenters.